The van der Waals surface area contributed by atoms with Gasteiger partial charge in [-0.05, 0) is 37.3 Å². The van der Waals surface area contributed by atoms with E-state index in [1.165, 1.54) is 0 Å². The van der Waals surface area contributed by atoms with Crippen molar-refractivity contribution in [2.45, 2.75) is 51.3 Å². The topological polar surface area (TPSA) is 20.2 Å². The highest BCUT2D eigenvalue weighted by molar-refractivity contribution is 5.26. The summed E-state index contributed by atoms with van der Waals surface area (Å²) in [5.74, 6) is 0. The van der Waals surface area contributed by atoms with Gasteiger partial charge in [-0.3, -0.25) is 0 Å². The predicted octanol–water partition coefficient (Wildman–Crippen LogP) is 4.19. The lowest BCUT2D eigenvalue weighted by atomic mass is 9.90. The molecule has 0 saturated heterocycles. The number of rotatable bonds is 5. The first kappa shape index (κ1) is 15.0. The van der Waals surface area contributed by atoms with Crippen LogP contribution in [0.15, 0.2) is 24.3 Å². The fourth-order valence-corrected chi connectivity index (χ4v) is 1.88. The van der Waals surface area contributed by atoms with Crippen LogP contribution < -0.4 is 0 Å². The van der Waals surface area contributed by atoms with Gasteiger partial charge in [0, 0.05) is 6.42 Å². The standard InChI is InChI=1S/C14H19F3O/c1-3-11-5-7-12(8-6-11)13(2,18)9-4-10-14(15,16)17/h5-8,18H,3-4,9-10H2,1-2H3. The van der Waals surface area contributed by atoms with Gasteiger partial charge in [0.05, 0.1) is 5.60 Å². The molecule has 102 valence electrons. The molecule has 0 aliphatic rings. The lowest BCUT2D eigenvalue weighted by Gasteiger charge is -2.24. The molecule has 0 heterocycles. The molecule has 1 atom stereocenters. The van der Waals surface area contributed by atoms with Crippen molar-refractivity contribution in [2.24, 2.45) is 0 Å². The molecule has 1 aromatic carbocycles. The fraction of sp³-hybridized carbons (Fsp3) is 0.571. The van der Waals surface area contributed by atoms with Gasteiger partial charge in [0.15, 0.2) is 0 Å². The zero-order valence-corrected chi connectivity index (χ0v) is 10.7. The van der Waals surface area contributed by atoms with E-state index in [1.54, 1.807) is 19.1 Å². The zero-order chi connectivity index (χ0) is 13.8. The van der Waals surface area contributed by atoms with E-state index in [0.29, 0.717) is 5.56 Å². The van der Waals surface area contributed by atoms with Gasteiger partial charge < -0.3 is 5.11 Å². The quantitative estimate of drug-likeness (QED) is 0.841. The molecule has 1 unspecified atom stereocenters. The summed E-state index contributed by atoms with van der Waals surface area (Å²) < 4.78 is 36.2. The molecule has 1 nitrogen and oxygen atoms in total. The van der Waals surface area contributed by atoms with Crippen molar-refractivity contribution in [3.63, 3.8) is 0 Å². The molecule has 0 aliphatic heterocycles. The number of hydrogen-bond acceptors (Lipinski definition) is 1. The van der Waals surface area contributed by atoms with Gasteiger partial charge in [-0.2, -0.15) is 13.2 Å². The average molecular weight is 260 g/mol. The highest BCUT2D eigenvalue weighted by Gasteiger charge is 2.29. The summed E-state index contributed by atoms with van der Waals surface area (Å²) in [5.41, 5.74) is 0.615. The van der Waals surface area contributed by atoms with Crippen molar-refractivity contribution in [1.82, 2.24) is 0 Å². The summed E-state index contributed by atoms with van der Waals surface area (Å²) in [7, 11) is 0. The summed E-state index contributed by atoms with van der Waals surface area (Å²) in [6.07, 6.45) is -4.06. The molecule has 0 spiro atoms. The second kappa shape index (κ2) is 5.74. The molecule has 0 amide bonds. The van der Waals surface area contributed by atoms with E-state index in [2.05, 4.69) is 0 Å². The van der Waals surface area contributed by atoms with Crippen LogP contribution in [-0.4, -0.2) is 11.3 Å². The summed E-state index contributed by atoms with van der Waals surface area (Å²) in [4.78, 5) is 0. The first-order chi connectivity index (χ1) is 8.24. The number of benzene rings is 1. The van der Waals surface area contributed by atoms with Crippen LogP contribution in [0.2, 0.25) is 0 Å². The van der Waals surface area contributed by atoms with Crippen molar-refractivity contribution in [2.75, 3.05) is 0 Å². The van der Waals surface area contributed by atoms with Crippen molar-refractivity contribution in [3.8, 4) is 0 Å². The van der Waals surface area contributed by atoms with E-state index < -0.39 is 18.2 Å². The summed E-state index contributed by atoms with van der Waals surface area (Å²) >= 11 is 0. The molecule has 0 radical (unpaired) electrons. The lowest BCUT2D eigenvalue weighted by Crippen LogP contribution is -2.22. The minimum Gasteiger partial charge on any atom is -0.385 e. The Hall–Kier alpha value is -1.03. The molecule has 1 N–H and O–H groups in total. The van der Waals surface area contributed by atoms with E-state index in [-0.39, 0.29) is 12.8 Å². The van der Waals surface area contributed by atoms with Crippen molar-refractivity contribution < 1.29 is 18.3 Å². The van der Waals surface area contributed by atoms with Crippen LogP contribution in [0.1, 0.15) is 44.2 Å². The zero-order valence-electron chi connectivity index (χ0n) is 10.7. The molecular weight excluding hydrogens is 241 g/mol. The van der Waals surface area contributed by atoms with Gasteiger partial charge >= 0.3 is 6.18 Å². The first-order valence-electron chi connectivity index (χ1n) is 6.13. The number of hydrogen-bond donors (Lipinski definition) is 1. The van der Waals surface area contributed by atoms with E-state index in [1.807, 2.05) is 19.1 Å². The summed E-state index contributed by atoms with van der Waals surface area (Å²) in [5, 5.41) is 10.2. The molecule has 0 fully saturated rings. The Morgan fingerprint density at radius 1 is 1.06 bits per heavy atom. The number of aliphatic hydroxyl groups is 1. The Kier molecular flexibility index (Phi) is 4.79. The average Bonchev–Trinajstić information content (AvgIpc) is 2.27. The van der Waals surface area contributed by atoms with E-state index >= 15 is 0 Å². The normalized spacial score (nSPS) is 15.4. The lowest BCUT2D eigenvalue weighted by molar-refractivity contribution is -0.137. The fourth-order valence-electron chi connectivity index (χ4n) is 1.88. The molecule has 1 rings (SSSR count). The number of aryl methyl sites for hydroxylation is 1. The Labute approximate surface area is 106 Å². The molecule has 1 aromatic rings. The van der Waals surface area contributed by atoms with Crippen LogP contribution in [0.3, 0.4) is 0 Å². The van der Waals surface area contributed by atoms with Crippen LogP contribution in [0.25, 0.3) is 0 Å². The summed E-state index contributed by atoms with van der Waals surface area (Å²) in [6, 6.07) is 7.36. The SMILES string of the molecule is CCc1ccc(C(C)(O)CCCC(F)(F)F)cc1. The Morgan fingerprint density at radius 2 is 1.61 bits per heavy atom. The number of halogens is 3. The van der Waals surface area contributed by atoms with Gasteiger partial charge in [-0.25, -0.2) is 0 Å². The maximum atomic E-state index is 12.1. The molecule has 0 aliphatic carbocycles. The molecular formula is C14H19F3O. The van der Waals surface area contributed by atoms with Gasteiger partial charge in [0.1, 0.15) is 0 Å². The van der Waals surface area contributed by atoms with Crippen LogP contribution in [0.5, 0.6) is 0 Å². The van der Waals surface area contributed by atoms with E-state index in [4.69, 9.17) is 0 Å². The molecule has 18 heavy (non-hydrogen) atoms. The Balaban J connectivity index is 2.61. The monoisotopic (exact) mass is 260 g/mol. The first-order valence-corrected chi connectivity index (χ1v) is 6.13. The number of alkyl halides is 3. The van der Waals surface area contributed by atoms with Gasteiger partial charge in [-0.15, -0.1) is 0 Å². The highest BCUT2D eigenvalue weighted by atomic mass is 19.4. The largest absolute Gasteiger partial charge is 0.389 e. The van der Waals surface area contributed by atoms with Crippen molar-refractivity contribution >= 4 is 0 Å². The van der Waals surface area contributed by atoms with E-state index in [0.717, 1.165) is 12.0 Å². The minimum absolute atomic E-state index is 0.0635. The smallest absolute Gasteiger partial charge is 0.385 e. The second-order valence-corrected chi connectivity index (χ2v) is 4.79. The summed E-state index contributed by atoms with van der Waals surface area (Å²) in [6.45, 7) is 3.58. The van der Waals surface area contributed by atoms with Crippen LogP contribution >= 0.6 is 0 Å². The Bertz CT molecular complexity index is 366. The van der Waals surface area contributed by atoms with Gasteiger partial charge in [0.25, 0.3) is 0 Å². The third-order valence-corrected chi connectivity index (χ3v) is 3.11. The maximum Gasteiger partial charge on any atom is 0.389 e. The van der Waals surface area contributed by atoms with Crippen molar-refractivity contribution in [1.29, 1.82) is 0 Å². The molecule has 0 saturated carbocycles. The molecule has 0 bridgehead atoms. The predicted molar refractivity (Wildman–Crippen MR) is 65.3 cm³/mol. The second-order valence-electron chi connectivity index (χ2n) is 4.79. The maximum absolute atomic E-state index is 12.1. The van der Waals surface area contributed by atoms with Crippen molar-refractivity contribution in [3.05, 3.63) is 35.4 Å². The van der Waals surface area contributed by atoms with Gasteiger partial charge in [-0.1, -0.05) is 31.2 Å². The van der Waals surface area contributed by atoms with Crippen LogP contribution in [0.4, 0.5) is 13.2 Å². The highest BCUT2D eigenvalue weighted by Crippen LogP contribution is 2.30. The van der Waals surface area contributed by atoms with E-state index in [9.17, 15) is 18.3 Å². The molecule has 0 aromatic heterocycles. The minimum atomic E-state index is -4.15. The molecule has 4 heteroatoms. The van der Waals surface area contributed by atoms with Crippen LogP contribution in [0, 0.1) is 0 Å². The third-order valence-electron chi connectivity index (χ3n) is 3.11. The van der Waals surface area contributed by atoms with Crippen LogP contribution in [-0.2, 0) is 12.0 Å². The Morgan fingerprint density at radius 3 is 2.06 bits per heavy atom. The van der Waals surface area contributed by atoms with Gasteiger partial charge in [0.2, 0.25) is 0 Å². The third kappa shape index (κ3) is 4.69.